The molecule has 142 valence electrons. The van der Waals surface area contributed by atoms with Gasteiger partial charge in [0, 0.05) is 13.1 Å². The molecule has 2 amide bonds. The molecule has 1 aromatic rings. The van der Waals surface area contributed by atoms with Gasteiger partial charge in [0.05, 0.1) is 18.1 Å². The van der Waals surface area contributed by atoms with Gasteiger partial charge in [-0.2, -0.15) is 0 Å². The van der Waals surface area contributed by atoms with E-state index in [1.807, 2.05) is 39.0 Å². The van der Waals surface area contributed by atoms with E-state index in [2.05, 4.69) is 18.0 Å². The summed E-state index contributed by atoms with van der Waals surface area (Å²) in [7, 11) is 0. The molecular formula is C21H30N2O3. The fourth-order valence-corrected chi connectivity index (χ4v) is 3.21. The standard InChI is InChI=1S/C21H30N2O3/c1-6-26-19(24)17-10-8-12-23(14-17)20(25)22-21(4,5)18-11-7-9-16(13-18)15(2)3/h7,9,11,13,17H,2,6,8,10,12,14H2,1,3-5H3,(H,22,25). The number of urea groups is 1. The molecule has 1 atom stereocenters. The highest BCUT2D eigenvalue weighted by Gasteiger charge is 2.32. The average molecular weight is 358 g/mol. The Labute approximate surface area is 156 Å². The molecule has 5 heteroatoms. The summed E-state index contributed by atoms with van der Waals surface area (Å²) in [6.07, 6.45) is 1.58. The van der Waals surface area contributed by atoms with Crippen LogP contribution in [0.5, 0.6) is 0 Å². The monoisotopic (exact) mass is 358 g/mol. The highest BCUT2D eigenvalue weighted by molar-refractivity contribution is 5.78. The van der Waals surface area contributed by atoms with Gasteiger partial charge in [0.15, 0.2) is 0 Å². The molecule has 1 saturated heterocycles. The Hall–Kier alpha value is -2.30. The van der Waals surface area contributed by atoms with E-state index in [0.717, 1.165) is 29.5 Å². The van der Waals surface area contributed by atoms with Gasteiger partial charge >= 0.3 is 12.0 Å². The third-order valence-electron chi connectivity index (χ3n) is 4.83. The fourth-order valence-electron chi connectivity index (χ4n) is 3.21. The smallest absolute Gasteiger partial charge is 0.318 e. The SMILES string of the molecule is C=C(C)c1cccc(C(C)(C)NC(=O)N2CCCC(C(=O)OCC)C2)c1. The van der Waals surface area contributed by atoms with Crippen molar-refractivity contribution in [2.24, 2.45) is 5.92 Å². The second-order valence-electron chi connectivity index (χ2n) is 7.45. The van der Waals surface area contributed by atoms with Crippen LogP contribution in [-0.4, -0.2) is 36.6 Å². The van der Waals surface area contributed by atoms with Gasteiger partial charge in [-0.1, -0.05) is 30.4 Å². The van der Waals surface area contributed by atoms with Crippen molar-refractivity contribution in [3.8, 4) is 0 Å². The summed E-state index contributed by atoms with van der Waals surface area (Å²) >= 11 is 0. The van der Waals surface area contributed by atoms with Gasteiger partial charge in [-0.05, 0) is 57.7 Å². The summed E-state index contributed by atoms with van der Waals surface area (Å²) in [4.78, 5) is 26.5. The molecule has 0 aliphatic carbocycles. The molecule has 2 rings (SSSR count). The zero-order valence-corrected chi connectivity index (χ0v) is 16.3. The number of rotatable bonds is 5. The van der Waals surface area contributed by atoms with Crippen LogP contribution in [0.25, 0.3) is 5.57 Å². The molecule has 1 aliphatic heterocycles. The molecule has 1 heterocycles. The molecule has 1 N–H and O–H groups in total. The van der Waals surface area contributed by atoms with Crippen LogP contribution in [0.3, 0.4) is 0 Å². The van der Waals surface area contributed by atoms with Crippen molar-refractivity contribution in [3.63, 3.8) is 0 Å². The second kappa shape index (κ2) is 8.39. The van der Waals surface area contributed by atoms with Crippen molar-refractivity contribution in [1.82, 2.24) is 10.2 Å². The van der Waals surface area contributed by atoms with Gasteiger partial charge in [-0.3, -0.25) is 4.79 Å². The molecule has 1 fully saturated rings. The Morgan fingerprint density at radius 3 is 2.77 bits per heavy atom. The quantitative estimate of drug-likeness (QED) is 0.811. The molecule has 1 aromatic carbocycles. The predicted molar refractivity (Wildman–Crippen MR) is 104 cm³/mol. The normalized spacial score (nSPS) is 17.5. The topological polar surface area (TPSA) is 58.6 Å². The van der Waals surface area contributed by atoms with Gasteiger partial charge in [-0.25, -0.2) is 4.79 Å². The van der Waals surface area contributed by atoms with Crippen LogP contribution >= 0.6 is 0 Å². The zero-order valence-electron chi connectivity index (χ0n) is 16.3. The molecule has 1 aliphatic rings. The van der Waals surface area contributed by atoms with Gasteiger partial charge in [0.25, 0.3) is 0 Å². The van der Waals surface area contributed by atoms with E-state index in [1.54, 1.807) is 11.8 Å². The van der Waals surface area contributed by atoms with Crippen LogP contribution in [0, 0.1) is 5.92 Å². The number of allylic oxidation sites excluding steroid dienone is 1. The number of ether oxygens (including phenoxy) is 1. The molecular weight excluding hydrogens is 328 g/mol. The number of benzene rings is 1. The molecule has 0 bridgehead atoms. The zero-order chi connectivity index (χ0) is 19.3. The molecule has 26 heavy (non-hydrogen) atoms. The summed E-state index contributed by atoms with van der Waals surface area (Å²) in [5, 5.41) is 3.11. The van der Waals surface area contributed by atoms with Gasteiger partial charge in [0.1, 0.15) is 0 Å². The lowest BCUT2D eigenvalue weighted by Gasteiger charge is -2.35. The third-order valence-corrected chi connectivity index (χ3v) is 4.83. The van der Waals surface area contributed by atoms with Crippen LogP contribution in [0.1, 0.15) is 51.7 Å². The van der Waals surface area contributed by atoms with Crippen LogP contribution in [0.15, 0.2) is 30.8 Å². The first kappa shape index (κ1) is 20.0. The number of amides is 2. The highest BCUT2D eigenvalue weighted by Crippen LogP contribution is 2.25. The van der Waals surface area contributed by atoms with Gasteiger partial charge in [0.2, 0.25) is 0 Å². The van der Waals surface area contributed by atoms with E-state index < -0.39 is 5.54 Å². The molecule has 5 nitrogen and oxygen atoms in total. The van der Waals surface area contributed by atoms with E-state index >= 15 is 0 Å². The predicted octanol–water partition coefficient (Wildman–Crippen LogP) is 3.94. The Balaban J connectivity index is 2.06. The average Bonchev–Trinajstić information content (AvgIpc) is 2.61. The first-order valence-corrected chi connectivity index (χ1v) is 9.24. The van der Waals surface area contributed by atoms with Crippen molar-refractivity contribution < 1.29 is 14.3 Å². The number of nitrogens with one attached hydrogen (secondary N) is 1. The van der Waals surface area contributed by atoms with Crippen LogP contribution in [-0.2, 0) is 15.1 Å². The molecule has 0 spiro atoms. The Morgan fingerprint density at radius 2 is 2.12 bits per heavy atom. The van der Waals surface area contributed by atoms with E-state index in [4.69, 9.17) is 4.74 Å². The maximum absolute atomic E-state index is 12.8. The Bertz CT molecular complexity index is 682. The maximum Gasteiger partial charge on any atom is 0.318 e. The highest BCUT2D eigenvalue weighted by atomic mass is 16.5. The largest absolute Gasteiger partial charge is 0.466 e. The number of hydrogen-bond donors (Lipinski definition) is 1. The lowest BCUT2D eigenvalue weighted by Crippen LogP contribution is -2.52. The number of likely N-dealkylation sites (tertiary alicyclic amines) is 1. The minimum atomic E-state index is -0.528. The van der Waals surface area contributed by atoms with E-state index in [1.165, 1.54) is 0 Å². The lowest BCUT2D eigenvalue weighted by molar-refractivity contribution is -0.149. The first-order valence-electron chi connectivity index (χ1n) is 9.24. The Kier molecular flexibility index (Phi) is 6.46. The number of carbonyl (C=O) groups is 2. The number of esters is 1. The first-order chi connectivity index (χ1) is 12.2. The number of carbonyl (C=O) groups excluding carboxylic acids is 2. The van der Waals surface area contributed by atoms with Crippen molar-refractivity contribution >= 4 is 17.6 Å². The van der Waals surface area contributed by atoms with Gasteiger partial charge in [-0.15, -0.1) is 0 Å². The lowest BCUT2D eigenvalue weighted by atomic mass is 9.91. The number of hydrogen-bond acceptors (Lipinski definition) is 3. The minimum Gasteiger partial charge on any atom is -0.466 e. The van der Waals surface area contributed by atoms with E-state index in [9.17, 15) is 9.59 Å². The summed E-state index contributed by atoms with van der Waals surface area (Å²) in [6.45, 7) is 13.1. The van der Waals surface area contributed by atoms with Crippen LogP contribution < -0.4 is 5.32 Å². The number of piperidine rings is 1. The van der Waals surface area contributed by atoms with Crippen molar-refractivity contribution in [1.29, 1.82) is 0 Å². The Morgan fingerprint density at radius 1 is 1.38 bits per heavy atom. The minimum absolute atomic E-state index is 0.148. The molecule has 1 unspecified atom stereocenters. The van der Waals surface area contributed by atoms with E-state index in [0.29, 0.717) is 19.7 Å². The van der Waals surface area contributed by atoms with Crippen molar-refractivity contribution in [3.05, 3.63) is 42.0 Å². The van der Waals surface area contributed by atoms with Crippen LogP contribution in [0.2, 0.25) is 0 Å². The van der Waals surface area contributed by atoms with Crippen LogP contribution in [0.4, 0.5) is 4.79 Å². The molecule has 0 radical (unpaired) electrons. The second-order valence-corrected chi connectivity index (χ2v) is 7.45. The van der Waals surface area contributed by atoms with E-state index in [-0.39, 0.29) is 17.9 Å². The summed E-state index contributed by atoms with van der Waals surface area (Å²) < 4.78 is 5.11. The fraction of sp³-hybridized carbons (Fsp3) is 0.524. The van der Waals surface area contributed by atoms with Crippen molar-refractivity contribution in [2.75, 3.05) is 19.7 Å². The van der Waals surface area contributed by atoms with Gasteiger partial charge < -0.3 is 15.0 Å². The van der Waals surface area contributed by atoms with Crippen molar-refractivity contribution in [2.45, 2.75) is 46.1 Å². The molecule has 0 aromatic heterocycles. The number of nitrogens with zero attached hydrogens (tertiary/aromatic N) is 1. The molecule has 0 saturated carbocycles. The summed E-state index contributed by atoms with van der Waals surface area (Å²) in [5.41, 5.74) is 2.54. The summed E-state index contributed by atoms with van der Waals surface area (Å²) in [5.74, 6) is -0.442. The maximum atomic E-state index is 12.8. The summed E-state index contributed by atoms with van der Waals surface area (Å²) in [6, 6.07) is 7.90. The third kappa shape index (κ3) is 4.87.